The number of sulfone groups is 1. The fourth-order valence-electron chi connectivity index (χ4n) is 4.93. The van der Waals surface area contributed by atoms with Crippen LogP contribution in [0.3, 0.4) is 0 Å². The molecular weight excluding hydrogens is 612 g/mol. The van der Waals surface area contributed by atoms with Gasteiger partial charge in [0, 0.05) is 43.7 Å². The average Bonchev–Trinajstić information content (AvgIpc) is 3.91. The number of fused-ring (bicyclic) bond motifs is 1. The minimum absolute atomic E-state index is 0.00859. The lowest BCUT2D eigenvalue weighted by Gasteiger charge is -2.21. The van der Waals surface area contributed by atoms with Gasteiger partial charge in [0.1, 0.15) is 19.5 Å². The van der Waals surface area contributed by atoms with E-state index >= 15 is 0 Å². The maximum absolute atomic E-state index is 13.3. The van der Waals surface area contributed by atoms with Gasteiger partial charge in [-0.3, -0.25) is 14.9 Å². The molecule has 2 amide bonds. The number of carbonyl (C=O) groups excluding carboxylic acids is 2. The molecule has 5 rings (SSSR count). The number of hydrogen-bond acceptors (Lipinski definition) is 9. The molecule has 0 saturated heterocycles. The van der Waals surface area contributed by atoms with Crippen molar-refractivity contribution in [2.45, 2.75) is 35.6 Å². The number of amides is 2. The normalized spacial score (nSPS) is 13.6. The van der Waals surface area contributed by atoms with Gasteiger partial charge in [-0.15, -0.1) is 0 Å². The summed E-state index contributed by atoms with van der Waals surface area (Å²) >= 11 is 0. The highest BCUT2D eigenvalue weighted by atomic mass is 32.2. The van der Waals surface area contributed by atoms with Gasteiger partial charge in [0.15, 0.2) is 9.84 Å². The van der Waals surface area contributed by atoms with Crippen LogP contribution >= 0.6 is 0 Å². The van der Waals surface area contributed by atoms with Crippen LogP contribution in [0.25, 0.3) is 10.8 Å². The Balaban J connectivity index is 1.26. The smallest absolute Gasteiger partial charge is 0.411 e. The van der Waals surface area contributed by atoms with E-state index in [1.807, 2.05) is 30.3 Å². The molecule has 0 bridgehead atoms. The van der Waals surface area contributed by atoms with Gasteiger partial charge in [0.2, 0.25) is 5.91 Å². The number of anilines is 2. The molecule has 1 aromatic heterocycles. The molecule has 0 spiro atoms. The molecule has 13 heteroatoms. The molecule has 1 heterocycles. The Hall–Kier alpha value is -4.72. The van der Waals surface area contributed by atoms with Gasteiger partial charge in [-0.2, -0.15) is 0 Å². The molecule has 4 aromatic rings. The van der Waals surface area contributed by atoms with E-state index in [2.05, 4.69) is 15.6 Å². The fourth-order valence-corrected chi connectivity index (χ4v) is 6.79. The number of H-pyrrole nitrogens is 1. The zero-order valence-electron chi connectivity index (χ0n) is 25.5. The Morgan fingerprint density at radius 2 is 1.78 bits per heavy atom. The van der Waals surface area contributed by atoms with E-state index in [4.69, 9.17) is 14.2 Å². The van der Waals surface area contributed by atoms with Gasteiger partial charge in [-0.05, 0) is 65.8 Å². The Morgan fingerprint density at radius 1 is 1.02 bits per heavy atom. The standard InChI is InChI=1S/C33H36N4O8S/c1-37(31(38)18-35-25-9-8-22-14-15-34-32(39)28(22)17-25)19-24-16-26(10-13-30(24)46(41,42)27-11-12-27)36-33(40)44-20-29(45-21-43-2)23-6-4-3-5-7-23/h3-10,13-17,27,29,35H,11-12,18-21H2,1-2H3,(H,34,39)(H,36,40)/t29-/m0/s1. The van der Waals surface area contributed by atoms with Crippen molar-refractivity contribution >= 4 is 44.0 Å². The third-order valence-electron chi connectivity index (χ3n) is 7.55. The van der Waals surface area contributed by atoms with Gasteiger partial charge < -0.3 is 29.4 Å². The van der Waals surface area contributed by atoms with Crippen molar-refractivity contribution in [3.63, 3.8) is 0 Å². The summed E-state index contributed by atoms with van der Waals surface area (Å²) in [4.78, 5) is 42.2. The second-order valence-corrected chi connectivity index (χ2v) is 13.2. The number of hydrogen-bond donors (Lipinski definition) is 3. The highest BCUT2D eigenvalue weighted by Gasteiger charge is 2.38. The summed E-state index contributed by atoms with van der Waals surface area (Å²) in [5.74, 6) is -0.308. The summed E-state index contributed by atoms with van der Waals surface area (Å²) in [5, 5.41) is 6.49. The summed E-state index contributed by atoms with van der Waals surface area (Å²) in [6.07, 6.45) is 1.41. The Kier molecular flexibility index (Phi) is 10.4. The number of nitrogens with one attached hydrogen (secondary N) is 3. The molecular formula is C33H36N4O8S. The van der Waals surface area contributed by atoms with E-state index in [0.29, 0.717) is 35.2 Å². The van der Waals surface area contributed by atoms with Crippen LogP contribution < -0.4 is 16.2 Å². The number of methoxy groups -OCH3 is 1. The first-order chi connectivity index (χ1) is 22.2. The highest BCUT2D eigenvalue weighted by Crippen LogP contribution is 2.36. The quantitative estimate of drug-likeness (QED) is 0.168. The number of rotatable bonds is 14. The maximum Gasteiger partial charge on any atom is 0.411 e. The van der Waals surface area contributed by atoms with Crippen molar-refractivity contribution in [1.29, 1.82) is 0 Å². The number of likely N-dealkylation sites (N-methyl/N-ethyl adjacent to an activating group) is 1. The number of nitrogens with zero attached hydrogens (tertiary/aromatic N) is 1. The van der Waals surface area contributed by atoms with Crippen molar-refractivity contribution < 1.29 is 32.2 Å². The number of aromatic nitrogens is 1. The van der Waals surface area contributed by atoms with E-state index in [9.17, 15) is 22.8 Å². The van der Waals surface area contributed by atoms with Crippen molar-refractivity contribution in [2.24, 2.45) is 0 Å². The maximum atomic E-state index is 13.3. The fraction of sp³-hybridized carbons (Fsp3) is 0.303. The lowest BCUT2D eigenvalue weighted by molar-refractivity contribution is -0.128. The van der Waals surface area contributed by atoms with E-state index < -0.39 is 27.3 Å². The Morgan fingerprint density at radius 3 is 2.52 bits per heavy atom. The molecule has 1 aliphatic rings. The van der Waals surface area contributed by atoms with Gasteiger partial charge in [0.05, 0.1) is 16.7 Å². The second kappa shape index (κ2) is 14.6. The molecule has 1 aliphatic carbocycles. The van der Waals surface area contributed by atoms with E-state index in [1.54, 1.807) is 43.6 Å². The molecule has 0 radical (unpaired) electrons. The van der Waals surface area contributed by atoms with Gasteiger partial charge in [0.25, 0.3) is 5.56 Å². The molecule has 1 fully saturated rings. The van der Waals surface area contributed by atoms with Crippen LogP contribution in [0.5, 0.6) is 0 Å². The number of ether oxygens (including phenoxy) is 3. The van der Waals surface area contributed by atoms with Crippen LogP contribution in [0.2, 0.25) is 0 Å². The summed E-state index contributed by atoms with van der Waals surface area (Å²) in [7, 11) is -0.546. The third kappa shape index (κ3) is 8.10. The number of carbonyl (C=O) groups is 2. The SMILES string of the molecule is COCO[C@@H](COC(=O)Nc1ccc(S(=O)(=O)C2CC2)c(CN(C)C(=O)CNc2ccc3cc[nH]c(=O)c3c2)c1)c1ccccc1. The molecule has 0 unspecified atom stereocenters. The van der Waals surface area contributed by atoms with Crippen molar-refractivity contribution in [2.75, 3.05) is 44.7 Å². The minimum Gasteiger partial charge on any atom is -0.446 e. The molecule has 46 heavy (non-hydrogen) atoms. The van der Waals surface area contributed by atoms with E-state index in [-0.39, 0.29) is 42.9 Å². The lowest BCUT2D eigenvalue weighted by Crippen LogP contribution is -2.32. The van der Waals surface area contributed by atoms with E-state index in [1.165, 1.54) is 24.1 Å². The average molecular weight is 649 g/mol. The first-order valence-electron chi connectivity index (χ1n) is 14.7. The van der Waals surface area contributed by atoms with Crippen LogP contribution in [0, 0.1) is 0 Å². The predicted molar refractivity (Wildman–Crippen MR) is 173 cm³/mol. The minimum atomic E-state index is -3.61. The summed E-state index contributed by atoms with van der Waals surface area (Å²) in [5.41, 5.74) is 1.84. The summed E-state index contributed by atoms with van der Waals surface area (Å²) in [6, 6.07) is 20.8. The molecule has 242 valence electrons. The lowest BCUT2D eigenvalue weighted by atomic mass is 10.1. The topological polar surface area (TPSA) is 156 Å². The molecule has 0 aliphatic heterocycles. The summed E-state index contributed by atoms with van der Waals surface area (Å²) in [6.45, 7) is -0.190. The molecule has 1 saturated carbocycles. The van der Waals surface area contributed by atoms with Gasteiger partial charge in [-0.1, -0.05) is 36.4 Å². The van der Waals surface area contributed by atoms with Gasteiger partial charge in [-0.25, -0.2) is 13.2 Å². The van der Waals surface area contributed by atoms with Crippen LogP contribution in [0.1, 0.15) is 30.1 Å². The second-order valence-electron chi connectivity index (χ2n) is 11.0. The predicted octanol–water partition coefficient (Wildman–Crippen LogP) is 4.45. The first-order valence-corrected chi connectivity index (χ1v) is 16.3. The molecule has 12 nitrogen and oxygen atoms in total. The molecule has 3 N–H and O–H groups in total. The number of benzene rings is 3. The third-order valence-corrected chi connectivity index (χ3v) is 9.91. The zero-order chi connectivity index (χ0) is 32.7. The van der Waals surface area contributed by atoms with Crippen LogP contribution in [-0.4, -0.2) is 69.7 Å². The Labute approximate surface area is 266 Å². The Bertz CT molecular complexity index is 1860. The molecule has 1 atom stereocenters. The largest absolute Gasteiger partial charge is 0.446 e. The van der Waals surface area contributed by atoms with Gasteiger partial charge >= 0.3 is 6.09 Å². The monoisotopic (exact) mass is 648 g/mol. The van der Waals surface area contributed by atoms with Crippen LogP contribution in [-0.2, 0) is 35.4 Å². The highest BCUT2D eigenvalue weighted by molar-refractivity contribution is 7.92. The van der Waals surface area contributed by atoms with Crippen LogP contribution in [0.15, 0.2) is 88.7 Å². The van der Waals surface area contributed by atoms with Crippen LogP contribution in [0.4, 0.5) is 16.2 Å². The first kappa shape index (κ1) is 32.7. The number of pyridine rings is 1. The van der Waals surface area contributed by atoms with Crippen molar-refractivity contribution in [1.82, 2.24) is 9.88 Å². The van der Waals surface area contributed by atoms with E-state index in [0.717, 1.165) is 10.9 Å². The molecule has 3 aromatic carbocycles. The number of aromatic amines is 1. The van der Waals surface area contributed by atoms with Crippen molar-refractivity contribution in [3.05, 3.63) is 100 Å². The van der Waals surface area contributed by atoms with Crippen molar-refractivity contribution in [3.8, 4) is 0 Å². The summed E-state index contributed by atoms with van der Waals surface area (Å²) < 4.78 is 42.6. The zero-order valence-corrected chi connectivity index (χ0v) is 26.3.